The lowest BCUT2D eigenvalue weighted by Crippen LogP contribution is -2.65. The number of likely N-dealkylation sites (tertiary alicyclic amines) is 1. The third-order valence-electron chi connectivity index (χ3n) is 5.80. The molecule has 9 heteroatoms. The minimum Gasteiger partial charge on any atom is -0.481 e. The number of hydrogen-bond donors (Lipinski definition) is 1. The van der Waals surface area contributed by atoms with Crippen LogP contribution in [0, 0.1) is 11.3 Å². The van der Waals surface area contributed by atoms with E-state index >= 15 is 0 Å². The van der Waals surface area contributed by atoms with Gasteiger partial charge in [0.2, 0.25) is 11.8 Å². The molecule has 1 aromatic heterocycles. The molecule has 0 unspecified atom stereocenters. The Morgan fingerprint density at radius 2 is 1.94 bits per heavy atom. The number of rotatable bonds is 7. The predicted molar refractivity (Wildman–Crippen MR) is 116 cm³/mol. The first-order valence-electron chi connectivity index (χ1n) is 11.0. The number of amides is 2. The lowest BCUT2D eigenvalue weighted by atomic mass is 9.57. The number of aromatic nitrogens is 1. The third kappa shape index (κ3) is 5.69. The van der Waals surface area contributed by atoms with Gasteiger partial charge in [0.25, 0.3) is 0 Å². The maximum atomic E-state index is 12.9. The number of hydrogen-bond acceptors (Lipinski definition) is 7. The summed E-state index contributed by atoms with van der Waals surface area (Å²) < 4.78 is 15.5. The van der Waals surface area contributed by atoms with Gasteiger partial charge in [-0.1, -0.05) is 6.07 Å². The van der Waals surface area contributed by atoms with E-state index in [1.165, 1.54) is 7.11 Å². The Morgan fingerprint density at radius 3 is 2.47 bits per heavy atom. The van der Waals surface area contributed by atoms with Crippen LogP contribution in [-0.2, 0) is 19.1 Å². The lowest BCUT2D eigenvalue weighted by molar-refractivity contribution is -0.146. The zero-order valence-corrected chi connectivity index (χ0v) is 19.5. The molecule has 1 atom stereocenters. The number of carbonyl (C=O) groups excluding carboxylic acids is 3. The Labute approximate surface area is 188 Å². The van der Waals surface area contributed by atoms with Crippen LogP contribution in [0.1, 0.15) is 58.6 Å². The van der Waals surface area contributed by atoms with Crippen LogP contribution in [0.2, 0.25) is 0 Å². The summed E-state index contributed by atoms with van der Waals surface area (Å²) in [7, 11) is 1.52. The molecular formula is C23H33N3O6. The average molecular weight is 448 g/mol. The second-order valence-electron chi connectivity index (χ2n) is 9.65. The summed E-state index contributed by atoms with van der Waals surface area (Å²) >= 11 is 0. The molecule has 1 aromatic rings. The van der Waals surface area contributed by atoms with Crippen LogP contribution in [0.4, 0.5) is 4.79 Å². The smallest absolute Gasteiger partial charge is 0.410 e. The van der Waals surface area contributed by atoms with Crippen LogP contribution in [0.3, 0.4) is 0 Å². The summed E-state index contributed by atoms with van der Waals surface area (Å²) in [4.78, 5) is 43.0. The molecule has 1 aliphatic carbocycles. The summed E-state index contributed by atoms with van der Waals surface area (Å²) in [6.45, 7) is 8.77. The van der Waals surface area contributed by atoms with Gasteiger partial charge in [0.05, 0.1) is 26.2 Å². The van der Waals surface area contributed by atoms with E-state index in [4.69, 9.17) is 14.2 Å². The van der Waals surface area contributed by atoms with Crippen molar-refractivity contribution in [3.05, 3.63) is 23.9 Å². The van der Waals surface area contributed by atoms with Gasteiger partial charge in [-0.15, -0.1) is 0 Å². The van der Waals surface area contributed by atoms with E-state index in [1.807, 2.05) is 20.8 Å². The van der Waals surface area contributed by atoms with Crippen LogP contribution < -0.4 is 10.1 Å². The standard InChI is InChI=1S/C23H33N3O6/c1-6-31-19(27)9-17(15-7-8-18(30-5)24-12-15)25-20(28)16-10-23(11-16)13-26(14-23)21(29)32-22(2,3)4/h7-8,12,16-17H,6,9-11,13-14H2,1-5H3,(H,25,28)/t17-/m0/s1. The maximum absolute atomic E-state index is 12.9. The second kappa shape index (κ2) is 9.34. The number of carbonyl (C=O) groups is 3. The SMILES string of the molecule is CCOC(=O)C[C@H](NC(=O)C1CC2(C1)CN(C(=O)OC(C)(C)C)C2)c1ccc(OC)nc1. The fourth-order valence-electron chi connectivity index (χ4n) is 4.30. The highest BCUT2D eigenvalue weighted by Gasteiger charge is 2.56. The quantitative estimate of drug-likeness (QED) is 0.641. The third-order valence-corrected chi connectivity index (χ3v) is 5.80. The number of methoxy groups -OCH3 is 1. The highest BCUT2D eigenvalue weighted by Crippen LogP contribution is 2.52. The van der Waals surface area contributed by atoms with E-state index < -0.39 is 11.6 Å². The molecular weight excluding hydrogens is 414 g/mol. The monoisotopic (exact) mass is 447 g/mol. The number of nitrogens with one attached hydrogen (secondary N) is 1. The molecule has 2 aliphatic rings. The van der Waals surface area contributed by atoms with Gasteiger partial charge in [-0.05, 0) is 46.1 Å². The zero-order chi connectivity index (χ0) is 23.5. The molecule has 1 aliphatic heterocycles. The molecule has 2 fully saturated rings. The molecule has 1 saturated carbocycles. The fourth-order valence-corrected chi connectivity index (χ4v) is 4.30. The average Bonchev–Trinajstić information content (AvgIpc) is 2.64. The molecule has 0 aromatic carbocycles. The topological polar surface area (TPSA) is 107 Å². The molecule has 1 saturated heterocycles. The van der Waals surface area contributed by atoms with Crippen molar-refractivity contribution < 1.29 is 28.6 Å². The Morgan fingerprint density at radius 1 is 1.25 bits per heavy atom. The van der Waals surface area contributed by atoms with Crippen molar-refractivity contribution in [1.82, 2.24) is 15.2 Å². The largest absolute Gasteiger partial charge is 0.481 e. The first-order valence-corrected chi connectivity index (χ1v) is 11.0. The van der Waals surface area contributed by atoms with Gasteiger partial charge in [0.15, 0.2) is 0 Å². The van der Waals surface area contributed by atoms with Crippen molar-refractivity contribution in [3.63, 3.8) is 0 Å². The summed E-state index contributed by atoms with van der Waals surface area (Å²) in [5, 5.41) is 2.99. The first kappa shape index (κ1) is 23.8. The molecule has 2 heterocycles. The van der Waals surface area contributed by atoms with Crippen molar-refractivity contribution in [2.45, 2.75) is 58.6 Å². The molecule has 0 bridgehead atoms. The van der Waals surface area contributed by atoms with Crippen molar-refractivity contribution in [1.29, 1.82) is 0 Å². The molecule has 1 N–H and O–H groups in total. The van der Waals surface area contributed by atoms with Crippen molar-refractivity contribution in [2.24, 2.45) is 11.3 Å². The van der Waals surface area contributed by atoms with Gasteiger partial charge in [-0.3, -0.25) is 9.59 Å². The van der Waals surface area contributed by atoms with Gasteiger partial charge in [-0.25, -0.2) is 9.78 Å². The minimum absolute atomic E-state index is 0.00276. The maximum Gasteiger partial charge on any atom is 0.410 e. The number of esters is 1. The highest BCUT2D eigenvalue weighted by molar-refractivity contribution is 5.81. The van der Waals surface area contributed by atoms with Crippen molar-refractivity contribution in [2.75, 3.05) is 26.8 Å². The Kier molecular flexibility index (Phi) is 6.95. The molecule has 9 nitrogen and oxygen atoms in total. The van der Waals surface area contributed by atoms with Gasteiger partial charge in [0, 0.05) is 36.7 Å². The minimum atomic E-state index is -0.531. The number of ether oxygens (including phenoxy) is 3. The molecule has 0 radical (unpaired) electrons. The van der Waals surface area contributed by atoms with Gasteiger partial charge >= 0.3 is 12.1 Å². The van der Waals surface area contributed by atoms with E-state index in [-0.39, 0.29) is 42.3 Å². The van der Waals surface area contributed by atoms with Crippen LogP contribution in [0.25, 0.3) is 0 Å². The molecule has 3 rings (SSSR count). The zero-order valence-electron chi connectivity index (χ0n) is 19.5. The Bertz CT molecular complexity index is 834. The van der Waals surface area contributed by atoms with Crippen molar-refractivity contribution in [3.8, 4) is 5.88 Å². The van der Waals surface area contributed by atoms with E-state index in [0.29, 0.717) is 37.4 Å². The van der Waals surface area contributed by atoms with Gasteiger partial charge in [-0.2, -0.15) is 0 Å². The Balaban J connectivity index is 1.54. The van der Waals surface area contributed by atoms with Gasteiger partial charge < -0.3 is 24.4 Å². The first-order chi connectivity index (χ1) is 15.0. The lowest BCUT2D eigenvalue weighted by Gasteiger charge is -2.58. The second-order valence-corrected chi connectivity index (χ2v) is 9.65. The Hall–Kier alpha value is -2.84. The molecule has 2 amide bonds. The van der Waals surface area contributed by atoms with Crippen LogP contribution in [-0.4, -0.2) is 60.3 Å². The summed E-state index contributed by atoms with van der Waals surface area (Å²) in [6.07, 6.45) is 2.74. The fraction of sp³-hybridized carbons (Fsp3) is 0.652. The van der Waals surface area contributed by atoms with Crippen LogP contribution in [0.15, 0.2) is 18.3 Å². The van der Waals surface area contributed by atoms with E-state index in [2.05, 4.69) is 10.3 Å². The molecule has 1 spiro atoms. The van der Waals surface area contributed by atoms with E-state index in [9.17, 15) is 14.4 Å². The van der Waals surface area contributed by atoms with Crippen molar-refractivity contribution >= 4 is 18.0 Å². The predicted octanol–water partition coefficient (Wildman–Crippen LogP) is 2.85. The van der Waals surface area contributed by atoms with Gasteiger partial charge in [0.1, 0.15) is 5.60 Å². The normalized spacial score (nSPS) is 18.2. The van der Waals surface area contributed by atoms with E-state index in [0.717, 1.165) is 0 Å². The summed E-state index contributed by atoms with van der Waals surface area (Å²) in [5.41, 5.74) is 0.185. The molecule has 176 valence electrons. The number of nitrogens with zero attached hydrogens (tertiary/aromatic N) is 2. The number of pyridine rings is 1. The summed E-state index contributed by atoms with van der Waals surface area (Å²) in [6, 6.07) is 2.94. The van der Waals surface area contributed by atoms with E-state index in [1.54, 1.807) is 30.2 Å². The van der Waals surface area contributed by atoms with Crippen LogP contribution in [0.5, 0.6) is 5.88 Å². The molecule has 32 heavy (non-hydrogen) atoms. The highest BCUT2D eigenvalue weighted by atomic mass is 16.6. The summed E-state index contributed by atoms with van der Waals surface area (Å²) in [5.74, 6) is -0.177. The van der Waals surface area contributed by atoms with Crippen LogP contribution >= 0.6 is 0 Å².